The molecule has 1 aliphatic rings. The molecule has 0 aromatic rings. The lowest BCUT2D eigenvalue weighted by Crippen LogP contribution is -2.60. The van der Waals surface area contributed by atoms with Gasteiger partial charge in [-0.3, -0.25) is 14.1 Å². The number of aliphatic hydroxyl groups excluding tert-OH is 3. The molecule has 1 heterocycles. The fraction of sp³-hybridized carbons (Fsp3) is 0.760. The van der Waals surface area contributed by atoms with Gasteiger partial charge in [0, 0.05) is 12.8 Å². The Labute approximate surface area is 381 Å². The highest BCUT2D eigenvalue weighted by Crippen LogP contribution is 2.24. The van der Waals surface area contributed by atoms with Crippen LogP contribution in [0, 0.1) is 0 Å². The van der Waals surface area contributed by atoms with Crippen LogP contribution in [0.5, 0.6) is 0 Å². The van der Waals surface area contributed by atoms with Crippen molar-refractivity contribution in [3.05, 3.63) is 60.8 Å². The van der Waals surface area contributed by atoms with Gasteiger partial charge < -0.3 is 34.3 Å². The summed E-state index contributed by atoms with van der Waals surface area (Å²) in [6.45, 7) is 3.61. The molecular weight excluding hydrogens is 825 g/mol. The summed E-state index contributed by atoms with van der Waals surface area (Å²) in [5.74, 6) is -2.06. The summed E-state index contributed by atoms with van der Waals surface area (Å²) in [7, 11) is -4.61. The molecular formula is C50H86O12S. The lowest BCUT2D eigenvalue weighted by molar-refractivity contribution is -0.297. The summed E-state index contributed by atoms with van der Waals surface area (Å²) in [5.41, 5.74) is 0. The molecule has 364 valence electrons. The van der Waals surface area contributed by atoms with Crippen LogP contribution in [0.4, 0.5) is 0 Å². The SMILES string of the molecule is CC/C=C/C/C=C/C/C=C/C/C=C/C/C=C/CCCC(=O)O[C@H](COC(=O)CCCCCCCCCCCCCCCCCCCC)CO[C@H]1O[C@H](CS(=O)(=O)O)[C@@H](O)C(O)C1O. The van der Waals surface area contributed by atoms with Crippen LogP contribution in [-0.2, 0) is 38.7 Å². The van der Waals surface area contributed by atoms with Gasteiger partial charge in [-0.2, -0.15) is 8.42 Å². The molecule has 0 radical (unpaired) electrons. The Morgan fingerprint density at radius 2 is 1.00 bits per heavy atom. The van der Waals surface area contributed by atoms with Crippen LogP contribution in [0.15, 0.2) is 60.8 Å². The van der Waals surface area contributed by atoms with Gasteiger partial charge in [0.25, 0.3) is 10.1 Å². The monoisotopic (exact) mass is 911 g/mol. The first kappa shape index (κ1) is 58.4. The molecule has 0 spiro atoms. The van der Waals surface area contributed by atoms with Gasteiger partial charge in [0.2, 0.25) is 0 Å². The number of unbranched alkanes of at least 4 members (excludes halogenated alkanes) is 18. The highest BCUT2D eigenvalue weighted by molar-refractivity contribution is 7.85. The first-order chi connectivity index (χ1) is 30.5. The second-order valence-electron chi connectivity index (χ2n) is 16.8. The van der Waals surface area contributed by atoms with E-state index in [2.05, 4.69) is 62.5 Å². The van der Waals surface area contributed by atoms with E-state index < -0.39 is 71.2 Å². The average molecular weight is 911 g/mol. The molecule has 0 aliphatic carbocycles. The predicted octanol–water partition coefficient (Wildman–Crippen LogP) is 10.5. The number of esters is 2. The number of hydrogen-bond acceptors (Lipinski definition) is 11. The standard InChI is InChI=1S/C50H86O12S/c1-3-5-7-9-11-13-15-17-19-21-23-24-26-28-30-32-34-36-38-45(51)59-40-43(41-60-50-49(55)48(54)47(53)44(62-50)42-63(56,57)58)61-46(52)39-37-35-33-31-29-27-25-22-20-18-16-14-12-10-8-6-4-2/h6,8,12,14,18,20,25,27,31,33,43-44,47-50,53-55H,3-5,7,9-11,13,15-17,19,21-24,26,28-30,32,34-42H2,1-2H3,(H,56,57,58)/b8-6+,14-12+,20-18+,27-25+,33-31+/t43-,44-,47-,48?,49?,50+/m1/s1. The first-order valence-corrected chi connectivity index (χ1v) is 26.0. The normalized spacial score (nSPS) is 20.3. The van der Waals surface area contributed by atoms with Crippen LogP contribution in [0.25, 0.3) is 0 Å². The van der Waals surface area contributed by atoms with E-state index in [1.807, 2.05) is 12.2 Å². The fourth-order valence-corrected chi connectivity index (χ4v) is 7.82. The number of carbonyl (C=O) groups is 2. The zero-order valence-corrected chi connectivity index (χ0v) is 39.7. The Morgan fingerprint density at radius 1 is 0.556 bits per heavy atom. The number of aliphatic hydroxyl groups is 3. The summed E-state index contributed by atoms with van der Waals surface area (Å²) < 4.78 is 54.1. The Bertz CT molecular complexity index is 1390. The molecule has 0 amide bonds. The van der Waals surface area contributed by atoms with E-state index >= 15 is 0 Å². The molecule has 1 fully saturated rings. The van der Waals surface area contributed by atoms with E-state index in [9.17, 15) is 37.9 Å². The van der Waals surface area contributed by atoms with Crippen molar-refractivity contribution in [3.63, 3.8) is 0 Å². The van der Waals surface area contributed by atoms with E-state index in [-0.39, 0.29) is 19.4 Å². The van der Waals surface area contributed by atoms with Gasteiger partial charge in [-0.25, -0.2) is 0 Å². The van der Waals surface area contributed by atoms with Gasteiger partial charge >= 0.3 is 11.9 Å². The number of ether oxygens (including phenoxy) is 4. The second-order valence-corrected chi connectivity index (χ2v) is 18.2. The molecule has 0 bridgehead atoms. The van der Waals surface area contributed by atoms with Crippen molar-refractivity contribution in [2.75, 3.05) is 19.0 Å². The summed E-state index contributed by atoms with van der Waals surface area (Å²) in [5, 5.41) is 30.9. The molecule has 0 saturated carbocycles. The number of carbonyl (C=O) groups excluding carboxylic acids is 2. The van der Waals surface area contributed by atoms with Crippen LogP contribution >= 0.6 is 0 Å². The fourth-order valence-electron chi connectivity index (χ4n) is 7.12. The molecule has 4 N–H and O–H groups in total. The summed E-state index contributed by atoms with van der Waals surface area (Å²) in [6, 6.07) is 0. The van der Waals surface area contributed by atoms with E-state index in [4.69, 9.17) is 18.9 Å². The Hall–Kier alpha value is -2.65. The van der Waals surface area contributed by atoms with Crippen LogP contribution in [-0.4, -0.2) is 96.0 Å². The minimum atomic E-state index is -4.61. The molecule has 0 aromatic heterocycles. The largest absolute Gasteiger partial charge is 0.462 e. The van der Waals surface area contributed by atoms with Crippen LogP contribution in [0.3, 0.4) is 0 Å². The second kappa shape index (κ2) is 39.7. The van der Waals surface area contributed by atoms with Crippen molar-refractivity contribution >= 4 is 22.1 Å². The van der Waals surface area contributed by atoms with Crippen molar-refractivity contribution in [2.45, 2.75) is 224 Å². The third-order valence-electron chi connectivity index (χ3n) is 10.9. The molecule has 6 atom stereocenters. The number of allylic oxidation sites excluding steroid dienone is 10. The molecule has 12 nitrogen and oxygen atoms in total. The predicted molar refractivity (Wildman–Crippen MR) is 252 cm³/mol. The highest BCUT2D eigenvalue weighted by Gasteiger charge is 2.46. The summed E-state index contributed by atoms with van der Waals surface area (Å²) in [4.78, 5) is 25.5. The van der Waals surface area contributed by atoms with Crippen molar-refractivity contribution in [3.8, 4) is 0 Å². The maximum atomic E-state index is 12.8. The van der Waals surface area contributed by atoms with Gasteiger partial charge in [0.15, 0.2) is 12.4 Å². The van der Waals surface area contributed by atoms with Crippen LogP contribution in [0.1, 0.15) is 187 Å². The number of rotatable bonds is 40. The first-order valence-electron chi connectivity index (χ1n) is 24.3. The van der Waals surface area contributed by atoms with Gasteiger partial charge in [-0.05, 0) is 51.4 Å². The zero-order chi connectivity index (χ0) is 46.2. The topological polar surface area (TPSA) is 186 Å². The smallest absolute Gasteiger partial charge is 0.306 e. The van der Waals surface area contributed by atoms with E-state index in [0.29, 0.717) is 19.3 Å². The lowest BCUT2D eigenvalue weighted by Gasteiger charge is -2.40. The van der Waals surface area contributed by atoms with E-state index in [1.165, 1.54) is 89.9 Å². The maximum absolute atomic E-state index is 12.8. The lowest BCUT2D eigenvalue weighted by atomic mass is 10.00. The molecule has 1 saturated heterocycles. The Morgan fingerprint density at radius 3 is 1.48 bits per heavy atom. The average Bonchev–Trinajstić information content (AvgIpc) is 3.25. The minimum absolute atomic E-state index is 0.0853. The zero-order valence-electron chi connectivity index (χ0n) is 38.9. The molecule has 1 aliphatic heterocycles. The van der Waals surface area contributed by atoms with Gasteiger partial charge in [-0.15, -0.1) is 0 Å². The third-order valence-corrected chi connectivity index (χ3v) is 11.6. The Balaban J connectivity index is 2.44. The minimum Gasteiger partial charge on any atom is -0.462 e. The molecule has 63 heavy (non-hydrogen) atoms. The van der Waals surface area contributed by atoms with Gasteiger partial charge in [0.1, 0.15) is 36.8 Å². The quantitative estimate of drug-likeness (QED) is 0.0198. The third kappa shape index (κ3) is 34.4. The van der Waals surface area contributed by atoms with Gasteiger partial charge in [0.05, 0.1) is 6.61 Å². The highest BCUT2D eigenvalue weighted by atomic mass is 32.2. The summed E-state index contributed by atoms with van der Waals surface area (Å²) >= 11 is 0. The van der Waals surface area contributed by atoms with E-state index in [1.54, 1.807) is 0 Å². The van der Waals surface area contributed by atoms with Crippen molar-refractivity contribution in [1.29, 1.82) is 0 Å². The van der Waals surface area contributed by atoms with E-state index in [0.717, 1.165) is 51.4 Å². The number of hydrogen-bond donors (Lipinski definition) is 4. The van der Waals surface area contributed by atoms with Crippen molar-refractivity contribution in [1.82, 2.24) is 0 Å². The van der Waals surface area contributed by atoms with Crippen molar-refractivity contribution in [2.24, 2.45) is 0 Å². The van der Waals surface area contributed by atoms with Crippen LogP contribution in [0.2, 0.25) is 0 Å². The summed E-state index contributed by atoms with van der Waals surface area (Å²) in [6.07, 6.45) is 39.8. The van der Waals surface area contributed by atoms with Gasteiger partial charge in [-0.1, -0.05) is 184 Å². The van der Waals surface area contributed by atoms with Crippen LogP contribution < -0.4 is 0 Å². The molecule has 13 heteroatoms. The Kier molecular flexibility index (Phi) is 36.8. The van der Waals surface area contributed by atoms with Crippen molar-refractivity contribution < 1.29 is 56.8 Å². The molecule has 1 rings (SSSR count). The maximum Gasteiger partial charge on any atom is 0.306 e. The molecule has 2 unspecified atom stereocenters. The molecule has 0 aromatic carbocycles.